The highest BCUT2D eigenvalue weighted by molar-refractivity contribution is 5.87. The molecule has 140 valence electrons. The van der Waals surface area contributed by atoms with Crippen LogP contribution in [0, 0.1) is 13.8 Å². The molecule has 26 heavy (non-hydrogen) atoms. The molecule has 1 saturated heterocycles. The van der Waals surface area contributed by atoms with Crippen molar-refractivity contribution in [3.63, 3.8) is 0 Å². The van der Waals surface area contributed by atoms with Crippen LogP contribution in [-0.4, -0.2) is 50.4 Å². The zero-order valence-electron chi connectivity index (χ0n) is 15.2. The zero-order chi connectivity index (χ0) is 18.7. The van der Waals surface area contributed by atoms with Crippen molar-refractivity contribution < 1.29 is 24.0 Å². The summed E-state index contributed by atoms with van der Waals surface area (Å²) in [5, 5.41) is 13.4. The average Bonchev–Trinajstić information content (AvgIpc) is 2.63. The third kappa shape index (κ3) is 3.89. The smallest absolute Gasteiger partial charge is 0.340 e. The first kappa shape index (κ1) is 18.4. The molecule has 1 aromatic heterocycles. The second-order valence-corrected chi connectivity index (χ2v) is 6.72. The van der Waals surface area contributed by atoms with Gasteiger partial charge in [0.25, 0.3) is 0 Å². The lowest BCUT2D eigenvalue weighted by molar-refractivity contribution is -0.906. The molecule has 0 aliphatic carbocycles. The summed E-state index contributed by atoms with van der Waals surface area (Å²) in [6.45, 7) is 8.34. The highest BCUT2D eigenvalue weighted by atomic mass is 16.5. The van der Waals surface area contributed by atoms with Crippen molar-refractivity contribution in [2.45, 2.75) is 20.3 Å². The van der Waals surface area contributed by atoms with Gasteiger partial charge in [0.2, 0.25) is 5.91 Å². The number of aryl methyl sites for hydroxylation is 2. The highest BCUT2D eigenvalue weighted by Crippen LogP contribution is 2.28. The van der Waals surface area contributed by atoms with Crippen molar-refractivity contribution in [2.75, 3.05) is 39.4 Å². The summed E-state index contributed by atoms with van der Waals surface area (Å²) in [7, 11) is 0. The molecule has 0 atom stereocenters. The van der Waals surface area contributed by atoms with Crippen LogP contribution >= 0.6 is 0 Å². The van der Waals surface area contributed by atoms with Crippen molar-refractivity contribution in [1.82, 2.24) is 5.32 Å². The Kier molecular flexibility index (Phi) is 5.58. The summed E-state index contributed by atoms with van der Waals surface area (Å²) in [5.74, 6) is -0.112. The largest absolute Gasteiger partial charge is 0.508 e. The second-order valence-electron chi connectivity index (χ2n) is 6.72. The lowest BCUT2D eigenvalue weighted by Crippen LogP contribution is -3.14. The lowest BCUT2D eigenvalue weighted by atomic mass is 10.0. The maximum Gasteiger partial charge on any atom is 0.340 e. The number of nitrogens with one attached hydrogen (secondary N) is 2. The number of hydrogen-bond acceptors (Lipinski definition) is 5. The Morgan fingerprint density at radius 3 is 2.69 bits per heavy atom. The molecule has 3 rings (SSSR count). The predicted octanol–water partition coefficient (Wildman–Crippen LogP) is -0.311. The van der Waals surface area contributed by atoms with Gasteiger partial charge >= 0.3 is 5.63 Å². The monoisotopic (exact) mass is 361 g/mol. The van der Waals surface area contributed by atoms with Crippen LogP contribution in [0.3, 0.4) is 0 Å². The van der Waals surface area contributed by atoms with Gasteiger partial charge in [-0.25, -0.2) is 4.79 Å². The Morgan fingerprint density at radius 2 is 1.96 bits per heavy atom. The van der Waals surface area contributed by atoms with Crippen LogP contribution in [0.4, 0.5) is 0 Å². The summed E-state index contributed by atoms with van der Waals surface area (Å²) in [6.07, 6.45) is -0.0114. The number of quaternary nitrogens is 1. The van der Waals surface area contributed by atoms with E-state index in [1.54, 1.807) is 26.0 Å². The van der Waals surface area contributed by atoms with Crippen LogP contribution in [-0.2, 0) is 16.0 Å². The van der Waals surface area contributed by atoms with E-state index in [-0.39, 0.29) is 18.1 Å². The van der Waals surface area contributed by atoms with Gasteiger partial charge in [-0.15, -0.1) is 0 Å². The lowest BCUT2D eigenvalue weighted by Gasteiger charge is -2.23. The molecule has 1 aliphatic rings. The Morgan fingerprint density at radius 1 is 1.23 bits per heavy atom. The molecule has 1 aromatic carbocycles. The fraction of sp³-hybridized carbons (Fsp3) is 0.474. The maximum atomic E-state index is 12.3. The Balaban J connectivity index is 1.69. The van der Waals surface area contributed by atoms with Crippen LogP contribution < -0.4 is 15.8 Å². The Labute approximate surface area is 151 Å². The Bertz CT molecular complexity index is 868. The maximum absolute atomic E-state index is 12.3. The van der Waals surface area contributed by atoms with E-state index in [4.69, 9.17) is 9.15 Å². The summed E-state index contributed by atoms with van der Waals surface area (Å²) in [5.41, 5.74) is 1.43. The molecular formula is C19H25N2O5+. The average molecular weight is 361 g/mol. The molecule has 7 heteroatoms. The third-order valence-electron chi connectivity index (χ3n) is 5.01. The summed E-state index contributed by atoms with van der Waals surface area (Å²) >= 11 is 0. The molecule has 1 aliphatic heterocycles. The van der Waals surface area contributed by atoms with E-state index in [9.17, 15) is 14.7 Å². The van der Waals surface area contributed by atoms with Gasteiger partial charge in [-0.2, -0.15) is 0 Å². The van der Waals surface area contributed by atoms with Crippen molar-refractivity contribution in [2.24, 2.45) is 0 Å². The quantitative estimate of drug-likeness (QED) is 0.636. The predicted molar refractivity (Wildman–Crippen MR) is 96.7 cm³/mol. The fourth-order valence-corrected chi connectivity index (χ4v) is 3.29. The molecule has 2 heterocycles. The van der Waals surface area contributed by atoms with Crippen LogP contribution in [0.25, 0.3) is 11.0 Å². The molecule has 3 N–H and O–H groups in total. The fourth-order valence-electron chi connectivity index (χ4n) is 3.29. The molecule has 0 radical (unpaired) electrons. The second kappa shape index (κ2) is 7.88. The number of morpholine rings is 1. The number of rotatable bonds is 5. The molecule has 1 amide bonds. The standard InChI is InChI=1S/C19H24N2O5/c1-12-14-3-4-16(22)13(2)18(14)26-19(24)15(12)11-17(23)20-5-6-21-7-9-25-10-8-21/h3-4,22H,5-11H2,1-2H3,(H,20,23)/p+1. The van der Waals surface area contributed by atoms with E-state index in [0.29, 0.717) is 28.8 Å². The van der Waals surface area contributed by atoms with Crippen molar-refractivity contribution in [1.29, 1.82) is 0 Å². The van der Waals surface area contributed by atoms with Crippen molar-refractivity contribution in [3.05, 3.63) is 39.2 Å². The number of benzene rings is 1. The summed E-state index contributed by atoms with van der Waals surface area (Å²) < 4.78 is 10.7. The molecule has 2 aromatic rings. The van der Waals surface area contributed by atoms with Crippen LogP contribution in [0.15, 0.2) is 21.3 Å². The molecular weight excluding hydrogens is 336 g/mol. The summed E-state index contributed by atoms with van der Waals surface area (Å²) in [6, 6.07) is 3.28. The van der Waals surface area contributed by atoms with Gasteiger partial charge in [-0.05, 0) is 31.5 Å². The molecule has 1 fully saturated rings. The third-order valence-corrected chi connectivity index (χ3v) is 5.01. The number of phenols is 1. The Hall–Kier alpha value is -2.38. The number of aromatic hydroxyl groups is 1. The summed E-state index contributed by atoms with van der Waals surface area (Å²) in [4.78, 5) is 26.0. The van der Waals surface area contributed by atoms with E-state index in [1.807, 2.05) is 0 Å². The molecule has 0 spiro atoms. The van der Waals surface area contributed by atoms with Gasteiger partial charge in [0.05, 0.1) is 38.3 Å². The highest BCUT2D eigenvalue weighted by Gasteiger charge is 2.18. The topological polar surface area (TPSA) is 93.2 Å². The van der Waals surface area contributed by atoms with Crippen molar-refractivity contribution >= 4 is 16.9 Å². The van der Waals surface area contributed by atoms with Gasteiger partial charge < -0.3 is 24.5 Å². The molecule has 7 nitrogen and oxygen atoms in total. The van der Waals surface area contributed by atoms with E-state index >= 15 is 0 Å². The number of carbonyl (C=O) groups is 1. The minimum atomic E-state index is -0.530. The SMILES string of the molecule is Cc1c(CC(=O)NCC[NH+]2CCOCC2)c(=O)oc2c(C)c(O)ccc12. The normalized spacial score (nSPS) is 15.3. The van der Waals surface area contributed by atoms with E-state index < -0.39 is 5.63 Å². The number of carbonyl (C=O) groups excluding carboxylic acids is 1. The number of phenolic OH excluding ortho intramolecular Hbond substituents is 1. The first-order chi connectivity index (χ1) is 12.5. The van der Waals surface area contributed by atoms with Gasteiger partial charge in [-0.3, -0.25) is 4.79 Å². The van der Waals surface area contributed by atoms with Crippen LogP contribution in [0.5, 0.6) is 5.75 Å². The first-order valence-electron chi connectivity index (χ1n) is 8.90. The van der Waals surface area contributed by atoms with E-state index in [0.717, 1.165) is 38.2 Å². The van der Waals surface area contributed by atoms with E-state index in [2.05, 4.69) is 5.32 Å². The van der Waals surface area contributed by atoms with Crippen molar-refractivity contribution in [3.8, 4) is 5.75 Å². The minimum Gasteiger partial charge on any atom is -0.508 e. The minimum absolute atomic E-state index is 0.0114. The molecule has 0 saturated carbocycles. The van der Waals surface area contributed by atoms with Gasteiger partial charge in [-0.1, -0.05) is 0 Å². The molecule has 0 unspecified atom stereocenters. The van der Waals surface area contributed by atoms with Gasteiger partial charge in [0.15, 0.2) is 0 Å². The van der Waals surface area contributed by atoms with E-state index in [1.165, 1.54) is 4.90 Å². The number of amides is 1. The number of hydrogen-bond donors (Lipinski definition) is 3. The number of ether oxygens (including phenoxy) is 1. The van der Waals surface area contributed by atoms with Gasteiger partial charge in [0.1, 0.15) is 24.4 Å². The van der Waals surface area contributed by atoms with Crippen LogP contribution in [0.2, 0.25) is 0 Å². The van der Waals surface area contributed by atoms with Gasteiger partial charge in [0, 0.05) is 10.9 Å². The first-order valence-corrected chi connectivity index (χ1v) is 8.90. The zero-order valence-corrected chi connectivity index (χ0v) is 15.2. The van der Waals surface area contributed by atoms with Crippen LogP contribution in [0.1, 0.15) is 16.7 Å². The number of fused-ring (bicyclic) bond motifs is 1. The molecule has 0 bridgehead atoms.